The Balaban J connectivity index is 4.11. The molecule has 0 bridgehead atoms. The van der Waals surface area contributed by atoms with Crippen molar-refractivity contribution in [2.45, 2.75) is 39.7 Å². The quantitative estimate of drug-likeness (QED) is 0.314. The Morgan fingerprint density at radius 2 is 1.95 bits per heavy atom. The molecule has 0 aliphatic rings. The summed E-state index contributed by atoms with van der Waals surface area (Å²) in [5.74, 6) is -1.51. The first-order valence-corrected chi connectivity index (χ1v) is 6.19. The number of aliphatic hydroxyl groups is 1. The van der Waals surface area contributed by atoms with Gasteiger partial charge in [0.15, 0.2) is 0 Å². The Kier molecular flexibility index (Phi) is 8.02. The molecular weight excluding hydrogens is 250 g/mol. The first kappa shape index (κ1) is 17.6. The number of esters is 1. The van der Waals surface area contributed by atoms with Crippen molar-refractivity contribution in [3.05, 3.63) is 11.6 Å². The number of rotatable bonds is 7. The predicted octanol–water partition coefficient (Wildman–Crippen LogP) is 1.12. The third-order valence-electron chi connectivity index (χ3n) is 2.84. The van der Waals surface area contributed by atoms with Gasteiger partial charge in [-0.2, -0.15) is 0 Å². The minimum atomic E-state index is -0.820. The molecule has 0 rings (SSSR count). The van der Waals surface area contributed by atoms with E-state index in [1.807, 2.05) is 6.92 Å². The summed E-state index contributed by atoms with van der Waals surface area (Å²) >= 11 is 0. The molecule has 0 saturated heterocycles. The van der Waals surface area contributed by atoms with Crippen LogP contribution in [-0.4, -0.2) is 47.0 Å². The first-order valence-electron chi connectivity index (χ1n) is 6.19. The topological polar surface area (TPSA) is 87.1 Å². The average Bonchev–Trinajstić information content (AvgIpc) is 2.33. The Hall–Kier alpha value is -1.40. The number of allylic oxidation sites excluding steroid dienone is 1. The van der Waals surface area contributed by atoms with Gasteiger partial charge in [-0.25, -0.2) is 5.06 Å². The smallest absolute Gasteiger partial charge is 0.302 e. The zero-order chi connectivity index (χ0) is 15.0. The Morgan fingerprint density at radius 3 is 2.42 bits per heavy atom. The largest absolute Gasteiger partial charge is 0.462 e. The summed E-state index contributed by atoms with van der Waals surface area (Å²) in [5.41, 5.74) is 0.970. The van der Waals surface area contributed by atoms with Crippen molar-refractivity contribution in [2.75, 3.05) is 13.7 Å². The minimum absolute atomic E-state index is 0.213. The monoisotopic (exact) mass is 273 g/mol. The zero-order valence-corrected chi connectivity index (χ0v) is 11.9. The number of carbonyl (C=O) groups is 2. The molecule has 0 radical (unpaired) electrons. The molecule has 0 fully saturated rings. The van der Waals surface area contributed by atoms with Gasteiger partial charge < -0.3 is 9.84 Å². The molecule has 0 aromatic carbocycles. The number of hydroxylamine groups is 2. The predicted molar refractivity (Wildman–Crippen MR) is 69.4 cm³/mol. The van der Waals surface area contributed by atoms with E-state index in [-0.39, 0.29) is 12.6 Å². The normalized spacial score (nSPS) is 14.7. The van der Waals surface area contributed by atoms with E-state index in [1.165, 1.54) is 14.0 Å². The summed E-state index contributed by atoms with van der Waals surface area (Å²) in [6.07, 6.45) is 1.94. The lowest BCUT2D eigenvalue weighted by Gasteiger charge is -2.20. The molecule has 0 heterocycles. The lowest BCUT2D eigenvalue weighted by atomic mass is 9.97. The Morgan fingerprint density at radius 1 is 1.37 bits per heavy atom. The highest BCUT2D eigenvalue weighted by Crippen LogP contribution is 2.14. The Bertz CT molecular complexity index is 338. The van der Waals surface area contributed by atoms with E-state index in [2.05, 4.69) is 0 Å². The molecule has 2 atom stereocenters. The number of amides is 1. The van der Waals surface area contributed by atoms with Gasteiger partial charge in [0.2, 0.25) is 0 Å². The van der Waals surface area contributed by atoms with Gasteiger partial charge in [0, 0.05) is 14.0 Å². The summed E-state index contributed by atoms with van der Waals surface area (Å²) in [6, 6.07) is 0. The van der Waals surface area contributed by atoms with Crippen LogP contribution in [0.4, 0.5) is 0 Å². The van der Waals surface area contributed by atoms with Crippen LogP contribution in [0.1, 0.15) is 33.6 Å². The van der Waals surface area contributed by atoms with E-state index in [1.54, 1.807) is 13.0 Å². The highest BCUT2D eigenvalue weighted by atomic mass is 16.5. The molecular formula is C13H23NO5. The van der Waals surface area contributed by atoms with Crippen LogP contribution in [0.2, 0.25) is 0 Å². The highest BCUT2D eigenvalue weighted by molar-refractivity contribution is 5.77. The molecule has 0 unspecified atom stereocenters. The van der Waals surface area contributed by atoms with E-state index in [0.29, 0.717) is 17.9 Å². The van der Waals surface area contributed by atoms with Crippen LogP contribution < -0.4 is 0 Å². The van der Waals surface area contributed by atoms with Crippen LogP contribution in [0.15, 0.2) is 11.6 Å². The summed E-state index contributed by atoms with van der Waals surface area (Å²) < 4.78 is 4.76. The molecule has 0 aliphatic heterocycles. The van der Waals surface area contributed by atoms with Gasteiger partial charge in [0.05, 0.1) is 12.0 Å². The van der Waals surface area contributed by atoms with Gasteiger partial charge in [0.1, 0.15) is 6.61 Å². The third-order valence-corrected chi connectivity index (χ3v) is 2.84. The van der Waals surface area contributed by atoms with Crippen LogP contribution in [0, 0.1) is 5.92 Å². The van der Waals surface area contributed by atoms with E-state index < -0.39 is 17.9 Å². The second kappa shape index (κ2) is 8.66. The number of aliphatic hydroxyl groups excluding tert-OH is 1. The maximum Gasteiger partial charge on any atom is 0.302 e. The van der Waals surface area contributed by atoms with Gasteiger partial charge in [-0.3, -0.25) is 14.8 Å². The summed E-state index contributed by atoms with van der Waals surface area (Å²) in [5, 5.41) is 19.3. The van der Waals surface area contributed by atoms with Gasteiger partial charge in [-0.1, -0.05) is 12.5 Å². The van der Waals surface area contributed by atoms with Gasteiger partial charge in [-0.15, -0.1) is 0 Å². The fourth-order valence-corrected chi connectivity index (χ4v) is 1.49. The number of carbonyl (C=O) groups excluding carboxylic acids is 2. The molecule has 0 aromatic rings. The van der Waals surface area contributed by atoms with E-state index in [9.17, 15) is 14.7 Å². The summed E-state index contributed by atoms with van der Waals surface area (Å²) in [7, 11) is 1.23. The number of hydrogen-bond acceptors (Lipinski definition) is 5. The molecule has 6 nitrogen and oxygen atoms in total. The van der Waals surface area contributed by atoms with Crippen molar-refractivity contribution in [3.63, 3.8) is 0 Å². The average molecular weight is 273 g/mol. The lowest BCUT2D eigenvalue weighted by Crippen LogP contribution is -2.35. The van der Waals surface area contributed by atoms with Crippen LogP contribution >= 0.6 is 0 Å². The van der Waals surface area contributed by atoms with Crippen LogP contribution in [0.25, 0.3) is 0 Å². The SMILES string of the molecule is CC(=O)OC/C=C(\C)CC[C@@H](O)[C@H](C)C(=O)N(C)O. The number of ether oxygens (including phenoxy) is 1. The number of hydrogen-bond donors (Lipinski definition) is 2. The molecule has 19 heavy (non-hydrogen) atoms. The maximum absolute atomic E-state index is 11.4. The van der Waals surface area contributed by atoms with E-state index >= 15 is 0 Å². The van der Waals surface area contributed by atoms with Crippen molar-refractivity contribution in [1.82, 2.24) is 5.06 Å². The van der Waals surface area contributed by atoms with Crippen molar-refractivity contribution in [3.8, 4) is 0 Å². The van der Waals surface area contributed by atoms with E-state index in [0.717, 1.165) is 5.57 Å². The molecule has 0 aliphatic carbocycles. The van der Waals surface area contributed by atoms with Crippen molar-refractivity contribution >= 4 is 11.9 Å². The number of nitrogens with zero attached hydrogens (tertiary/aromatic N) is 1. The van der Waals surface area contributed by atoms with Crippen molar-refractivity contribution in [1.29, 1.82) is 0 Å². The standard InChI is InChI=1S/C13H23NO5/c1-9(7-8-19-11(3)15)5-6-12(16)10(2)13(17)14(4)18/h7,10,12,16,18H,5-6,8H2,1-4H3/b9-7+/t10-,12+/m0/s1. The fourth-order valence-electron chi connectivity index (χ4n) is 1.49. The first-order chi connectivity index (χ1) is 8.75. The van der Waals surface area contributed by atoms with Crippen LogP contribution in [0.3, 0.4) is 0 Å². The fraction of sp³-hybridized carbons (Fsp3) is 0.692. The molecule has 6 heteroatoms. The van der Waals surface area contributed by atoms with Crippen LogP contribution in [-0.2, 0) is 14.3 Å². The van der Waals surface area contributed by atoms with E-state index in [4.69, 9.17) is 9.94 Å². The van der Waals surface area contributed by atoms with Crippen molar-refractivity contribution < 1.29 is 24.6 Å². The minimum Gasteiger partial charge on any atom is -0.462 e. The summed E-state index contributed by atoms with van der Waals surface area (Å²) in [6.45, 7) is 4.98. The molecule has 2 N–H and O–H groups in total. The second-order valence-electron chi connectivity index (χ2n) is 4.61. The molecule has 0 aromatic heterocycles. The van der Waals surface area contributed by atoms with Crippen molar-refractivity contribution in [2.24, 2.45) is 5.92 Å². The molecule has 1 amide bonds. The van der Waals surface area contributed by atoms with Crippen LogP contribution in [0.5, 0.6) is 0 Å². The maximum atomic E-state index is 11.4. The molecule has 0 spiro atoms. The Labute approximate surface area is 113 Å². The second-order valence-corrected chi connectivity index (χ2v) is 4.61. The highest BCUT2D eigenvalue weighted by Gasteiger charge is 2.23. The summed E-state index contributed by atoms with van der Waals surface area (Å²) in [4.78, 5) is 22.0. The molecule has 110 valence electrons. The lowest BCUT2D eigenvalue weighted by molar-refractivity contribution is -0.167. The van der Waals surface area contributed by atoms with Gasteiger partial charge in [-0.05, 0) is 25.8 Å². The van der Waals surface area contributed by atoms with Gasteiger partial charge >= 0.3 is 5.97 Å². The zero-order valence-electron chi connectivity index (χ0n) is 11.9. The molecule has 0 saturated carbocycles. The van der Waals surface area contributed by atoms with Gasteiger partial charge in [0.25, 0.3) is 5.91 Å². The third kappa shape index (κ3) is 7.58.